The van der Waals surface area contributed by atoms with Crippen LogP contribution >= 0.6 is 23.2 Å². The SMILES string of the molecule is O=C(N/N=C\c1ccc(-c2cccc(Cl)c2Cl)o1)C(c1ccccc1)c1ccccc1. The number of furan rings is 1. The molecule has 31 heavy (non-hydrogen) atoms. The first-order valence-corrected chi connectivity index (χ1v) is 10.4. The molecule has 4 aromatic rings. The average molecular weight is 449 g/mol. The summed E-state index contributed by atoms with van der Waals surface area (Å²) in [5.41, 5.74) is 5.08. The van der Waals surface area contributed by atoms with E-state index < -0.39 is 5.92 Å². The maximum Gasteiger partial charge on any atom is 0.252 e. The van der Waals surface area contributed by atoms with Gasteiger partial charge in [-0.1, -0.05) is 89.9 Å². The van der Waals surface area contributed by atoms with Crippen molar-refractivity contribution in [1.82, 2.24) is 5.43 Å². The van der Waals surface area contributed by atoms with Crippen LogP contribution in [0.2, 0.25) is 10.0 Å². The molecule has 0 bridgehead atoms. The topological polar surface area (TPSA) is 54.6 Å². The van der Waals surface area contributed by atoms with Gasteiger partial charge >= 0.3 is 0 Å². The third kappa shape index (κ3) is 4.88. The van der Waals surface area contributed by atoms with Crippen molar-refractivity contribution in [2.45, 2.75) is 5.92 Å². The lowest BCUT2D eigenvalue weighted by atomic mass is 9.91. The number of halogens is 2. The second-order valence-electron chi connectivity index (χ2n) is 6.79. The molecule has 0 unspecified atom stereocenters. The summed E-state index contributed by atoms with van der Waals surface area (Å²) in [7, 11) is 0. The Bertz CT molecular complexity index is 1170. The van der Waals surface area contributed by atoms with Gasteiger partial charge in [-0.2, -0.15) is 5.10 Å². The highest BCUT2D eigenvalue weighted by atomic mass is 35.5. The first kappa shape index (κ1) is 20.9. The van der Waals surface area contributed by atoms with E-state index in [1.54, 1.807) is 24.3 Å². The van der Waals surface area contributed by atoms with Gasteiger partial charge in [0, 0.05) is 5.56 Å². The molecule has 1 N–H and O–H groups in total. The lowest BCUT2D eigenvalue weighted by molar-refractivity contribution is -0.121. The summed E-state index contributed by atoms with van der Waals surface area (Å²) in [6.07, 6.45) is 1.45. The van der Waals surface area contributed by atoms with E-state index in [0.717, 1.165) is 11.1 Å². The maximum atomic E-state index is 13.0. The van der Waals surface area contributed by atoms with Crippen LogP contribution in [0.4, 0.5) is 0 Å². The van der Waals surface area contributed by atoms with Gasteiger partial charge in [-0.3, -0.25) is 4.79 Å². The van der Waals surface area contributed by atoms with Crippen molar-refractivity contribution in [3.63, 3.8) is 0 Å². The van der Waals surface area contributed by atoms with Gasteiger partial charge in [0.2, 0.25) is 0 Å². The van der Waals surface area contributed by atoms with Gasteiger partial charge in [0.05, 0.1) is 22.2 Å². The monoisotopic (exact) mass is 448 g/mol. The zero-order chi connectivity index (χ0) is 21.6. The van der Waals surface area contributed by atoms with Crippen molar-refractivity contribution in [2.24, 2.45) is 5.10 Å². The molecule has 0 atom stereocenters. The van der Waals surface area contributed by atoms with Gasteiger partial charge in [0.1, 0.15) is 11.5 Å². The summed E-state index contributed by atoms with van der Waals surface area (Å²) in [6, 6.07) is 28.0. The molecular formula is C25H18Cl2N2O2. The van der Waals surface area contributed by atoms with Crippen molar-refractivity contribution < 1.29 is 9.21 Å². The largest absolute Gasteiger partial charge is 0.455 e. The quantitative estimate of drug-likeness (QED) is 0.269. The predicted octanol–water partition coefficient (Wildman–Crippen LogP) is 6.54. The van der Waals surface area contributed by atoms with Crippen molar-refractivity contribution >= 4 is 35.3 Å². The van der Waals surface area contributed by atoms with Crippen molar-refractivity contribution in [3.05, 3.63) is 118 Å². The molecule has 0 aliphatic heterocycles. The van der Waals surface area contributed by atoms with E-state index in [2.05, 4.69) is 10.5 Å². The fourth-order valence-electron chi connectivity index (χ4n) is 3.27. The molecule has 1 heterocycles. The molecule has 0 saturated carbocycles. The first-order chi connectivity index (χ1) is 15.1. The fourth-order valence-corrected chi connectivity index (χ4v) is 3.66. The van der Waals surface area contributed by atoms with Crippen LogP contribution in [0.15, 0.2) is 101 Å². The third-order valence-electron chi connectivity index (χ3n) is 4.74. The number of rotatable bonds is 6. The molecule has 4 nitrogen and oxygen atoms in total. The Hall–Kier alpha value is -3.34. The van der Waals surface area contributed by atoms with Crippen LogP contribution in [0.1, 0.15) is 22.8 Å². The Morgan fingerprint density at radius 2 is 1.48 bits per heavy atom. The zero-order valence-electron chi connectivity index (χ0n) is 16.3. The highest BCUT2D eigenvalue weighted by Crippen LogP contribution is 2.34. The van der Waals surface area contributed by atoms with Crippen LogP contribution in [-0.2, 0) is 4.79 Å². The molecule has 0 fully saturated rings. The Kier molecular flexibility index (Phi) is 6.51. The van der Waals surface area contributed by atoms with Gasteiger partial charge in [0.15, 0.2) is 0 Å². The number of nitrogens with one attached hydrogen (secondary N) is 1. The minimum atomic E-state index is -0.475. The van der Waals surface area contributed by atoms with Crippen LogP contribution in [0.5, 0.6) is 0 Å². The van der Waals surface area contributed by atoms with E-state index in [9.17, 15) is 4.79 Å². The molecule has 1 amide bonds. The minimum absolute atomic E-state index is 0.238. The molecule has 0 radical (unpaired) electrons. The smallest absolute Gasteiger partial charge is 0.252 e. The average Bonchev–Trinajstić information content (AvgIpc) is 3.26. The molecule has 3 aromatic carbocycles. The number of hydrogen-bond acceptors (Lipinski definition) is 3. The van der Waals surface area contributed by atoms with E-state index in [1.807, 2.05) is 66.7 Å². The molecular weight excluding hydrogens is 431 g/mol. The van der Waals surface area contributed by atoms with Gasteiger partial charge in [-0.05, 0) is 35.4 Å². The normalized spacial score (nSPS) is 11.2. The van der Waals surface area contributed by atoms with Gasteiger partial charge < -0.3 is 4.42 Å². The molecule has 4 rings (SSSR count). The third-order valence-corrected chi connectivity index (χ3v) is 5.56. The molecule has 1 aromatic heterocycles. The number of carbonyl (C=O) groups is 1. The second-order valence-corrected chi connectivity index (χ2v) is 7.58. The maximum absolute atomic E-state index is 13.0. The van der Waals surface area contributed by atoms with Crippen molar-refractivity contribution in [1.29, 1.82) is 0 Å². The number of benzene rings is 3. The molecule has 0 aliphatic rings. The zero-order valence-corrected chi connectivity index (χ0v) is 17.8. The van der Waals surface area contributed by atoms with Gasteiger partial charge in [-0.15, -0.1) is 0 Å². The van der Waals surface area contributed by atoms with Crippen LogP contribution < -0.4 is 5.43 Å². The summed E-state index contributed by atoms with van der Waals surface area (Å²) in [4.78, 5) is 13.0. The molecule has 0 saturated heterocycles. The number of carbonyl (C=O) groups excluding carboxylic acids is 1. The number of hydrazone groups is 1. The Labute approximate surface area is 190 Å². The second kappa shape index (κ2) is 9.65. The van der Waals surface area contributed by atoms with E-state index in [0.29, 0.717) is 27.1 Å². The van der Waals surface area contributed by atoms with Crippen LogP contribution in [0, 0.1) is 0 Å². The lowest BCUT2D eigenvalue weighted by Gasteiger charge is -2.16. The van der Waals surface area contributed by atoms with E-state index in [1.165, 1.54) is 6.21 Å². The fraction of sp³-hybridized carbons (Fsp3) is 0.0400. The summed E-state index contributed by atoms with van der Waals surface area (Å²) in [6.45, 7) is 0. The van der Waals surface area contributed by atoms with Crippen molar-refractivity contribution in [3.8, 4) is 11.3 Å². The van der Waals surface area contributed by atoms with E-state index in [4.69, 9.17) is 27.6 Å². The van der Waals surface area contributed by atoms with Crippen LogP contribution in [-0.4, -0.2) is 12.1 Å². The number of nitrogens with zero attached hydrogens (tertiary/aromatic N) is 1. The molecule has 154 valence electrons. The first-order valence-electron chi connectivity index (χ1n) is 9.60. The summed E-state index contributed by atoms with van der Waals surface area (Å²) in [5, 5.41) is 4.95. The lowest BCUT2D eigenvalue weighted by Crippen LogP contribution is -2.26. The van der Waals surface area contributed by atoms with Crippen LogP contribution in [0.3, 0.4) is 0 Å². The summed E-state index contributed by atoms with van der Waals surface area (Å²) in [5.74, 6) is 0.323. The van der Waals surface area contributed by atoms with Crippen LogP contribution in [0.25, 0.3) is 11.3 Å². The van der Waals surface area contributed by atoms with Gasteiger partial charge in [0.25, 0.3) is 5.91 Å². The molecule has 0 spiro atoms. The highest BCUT2D eigenvalue weighted by Gasteiger charge is 2.22. The van der Waals surface area contributed by atoms with E-state index in [-0.39, 0.29) is 5.91 Å². The van der Waals surface area contributed by atoms with Crippen molar-refractivity contribution in [2.75, 3.05) is 0 Å². The molecule has 6 heteroatoms. The van der Waals surface area contributed by atoms with E-state index >= 15 is 0 Å². The Balaban J connectivity index is 1.51. The standard InChI is InChI=1S/C25H18Cl2N2O2/c26-21-13-7-12-20(24(21)27)22-15-14-19(31-22)16-28-29-25(30)23(17-8-3-1-4-9-17)18-10-5-2-6-11-18/h1-16,23H,(H,29,30)/b28-16-. The number of hydrogen-bond donors (Lipinski definition) is 1. The minimum Gasteiger partial charge on any atom is -0.455 e. The predicted molar refractivity (Wildman–Crippen MR) is 125 cm³/mol. The van der Waals surface area contributed by atoms with Gasteiger partial charge in [-0.25, -0.2) is 5.43 Å². The Morgan fingerprint density at radius 3 is 2.13 bits per heavy atom. The summed E-state index contributed by atoms with van der Waals surface area (Å²) >= 11 is 12.3. The number of amides is 1. The summed E-state index contributed by atoms with van der Waals surface area (Å²) < 4.78 is 5.77. The Morgan fingerprint density at radius 1 is 0.839 bits per heavy atom. The molecule has 0 aliphatic carbocycles. The highest BCUT2D eigenvalue weighted by molar-refractivity contribution is 6.43.